The Bertz CT molecular complexity index is 1720. The number of unbranched alkanes of at least 4 members (excludes halogenated alkanes) is 73. The standard InChI is InChI=1S/C92H182NO8P/c1-6-8-10-12-14-16-18-20-22-24-26-28-30-32-34-36-38-40-42-44-45-46-47-49-51-53-55-57-59-61-63-65-67-69-71-73-75-77-79-81-83-85-92(95)101-90(89-100-102(96,97)99-87-86-93(3,4)5)88-98-91(94)84-82-80-78-76-74-72-70-68-66-64-62-60-58-56-54-52-50-48-43-41-39-37-35-33-31-29-27-25-23-21-19-17-15-13-11-9-7-2/h24,26,90H,6-23,25,27-89H2,1-5H3/p+1/b26-24-. The number of phosphoric acid groups is 1. The Morgan fingerprint density at radius 1 is 0.294 bits per heavy atom. The van der Waals surface area contributed by atoms with Crippen LogP contribution in [0.4, 0.5) is 0 Å². The lowest BCUT2D eigenvalue weighted by Gasteiger charge is -2.24. The molecule has 0 bridgehead atoms. The molecule has 0 aliphatic carbocycles. The molecule has 0 saturated carbocycles. The smallest absolute Gasteiger partial charge is 0.462 e. The van der Waals surface area contributed by atoms with E-state index < -0.39 is 26.5 Å². The summed E-state index contributed by atoms with van der Waals surface area (Å²) in [6.07, 6.45) is 109. The van der Waals surface area contributed by atoms with Crippen LogP contribution in [0.1, 0.15) is 515 Å². The second-order valence-corrected chi connectivity index (χ2v) is 34.9. The first kappa shape index (κ1) is 101. The van der Waals surface area contributed by atoms with Gasteiger partial charge in [-0.25, -0.2) is 4.57 Å². The van der Waals surface area contributed by atoms with Crippen molar-refractivity contribution < 1.29 is 42.1 Å². The molecule has 0 radical (unpaired) electrons. The molecule has 2 atom stereocenters. The van der Waals surface area contributed by atoms with E-state index in [1.807, 2.05) is 21.1 Å². The largest absolute Gasteiger partial charge is 0.472 e. The zero-order valence-corrected chi connectivity index (χ0v) is 70.8. The summed E-state index contributed by atoms with van der Waals surface area (Å²) in [6.45, 7) is 4.55. The average molecular weight is 1460 g/mol. The third-order valence-electron chi connectivity index (χ3n) is 21.8. The fraction of sp³-hybridized carbons (Fsp3) is 0.957. The third kappa shape index (κ3) is 87.7. The van der Waals surface area contributed by atoms with Gasteiger partial charge < -0.3 is 18.9 Å². The van der Waals surface area contributed by atoms with E-state index in [-0.39, 0.29) is 25.6 Å². The van der Waals surface area contributed by atoms with E-state index in [0.29, 0.717) is 17.4 Å². The van der Waals surface area contributed by atoms with E-state index in [1.165, 1.54) is 449 Å². The molecule has 0 aromatic heterocycles. The Labute approximate surface area is 638 Å². The van der Waals surface area contributed by atoms with E-state index in [9.17, 15) is 19.0 Å². The lowest BCUT2D eigenvalue weighted by molar-refractivity contribution is -0.870. The highest BCUT2D eigenvalue weighted by Gasteiger charge is 2.27. The third-order valence-corrected chi connectivity index (χ3v) is 22.8. The Hall–Kier alpha value is -1.25. The van der Waals surface area contributed by atoms with Crippen LogP contribution in [-0.2, 0) is 32.7 Å². The summed E-state index contributed by atoms with van der Waals surface area (Å²) >= 11 is 0. The van der Waals surface area contributed by atoms with E-state index in [4.69, 9.17) is 18.5 Å². The molecule has 0 spiro atoms. The van der Waals surface area contributed by atoms with E-state index in [1.54, 1.807) is 0 Å². The summed E-state index contributed by atoms with van der Waals surface area (Å²) in [5.74, 6) is -0.763. The van der Waals surface area contributed by atoms with Crippen LogP contribution in [0, 0.1) is 0 Å². The first-order chi connectivity index (χ1) is 50.0. The van der Waals surface area contributed by atoms with Gasteiger partial charge in [0.15, 0.2) is 6.10 Å². The molecule has 0 rings (SSSR count). The molecule has 102 heavy (non-hydrogen) atoms. The molecule has 10 heteroatoms. The Morgan fingerprint density at radius 2 is 0.500 bits per heavy atom. The van der Waals surface area contributed by atoms with Gasteiger partial charge in [0.05, 0.1) is 27.7 Å². The average Bonchev–Trinajstić information content (AvgIpc) is 0.916. The van der Waals surface area contributed by atoms with Crippen LogP contribution >= 0.6 is 7.82 Å². The van der Waals surface area contributed by atoms with Crippen LogP contribution in [-0.4, -0.2) is 74.9 Å². The maximum absolute atomic E-state index is 13.0. The highest BCUT2D eigenvalue weighted by Crippen LogP contribution is 2.43. The molecule has 0 aromatic carbocycles. The van der Waals surface area contributed by atoms with Gasteiger partial charge in [0.25, 0.3) is 0 Å². The molecule has 608 valence electrons. The Balaban J connectivity index is 3.80. The molecule has 0 saturated heterocycles. The van der Waals surface area contributed by atoms with Crippen LogP contribution in [0.25, 0.3) is 0 Å². The van der Waals surface area contributed by atoms with E-state index in [2.05, 4.69) is 26.0 Å². The zero-order chi connectivity index (χ0) is 74.0. The topological polar surface area (TPSA) is 108 Å². The fourth-order valence-corrected chi connectivity index (χ4v) is 15.5. The first-order valence-electron chi connectivity index (χ1n) is 46.4. The number of quaternary nitrogens is 1. The van der Waals surface area contributed by atoms with Gasteiger partial charge in [0.1, 0.15) is 19.8 Å². The van der Waals surface area contributed by atoms with Gasteiger partial charge in [-0.1, -0.05) is 475 Å². The number of likely N-dealkylation sites (N-methyl/N-ethyl adjacent to an activating group) is 1. The number of phosphoric ester groups is 1. The number of carbonyl (C=O) groups is 2. The summed E-state index contributed by atoms with van der Waals surface area (Å²) in [5.41, 5.74) is 0. The minimum absolute atomic E-state index is 0.0374. The molecule has 9 nitrogen and oxygen atoms in total. The highest BCUT2D eigenvalue weighted by molar-refractivity contribution is 7.47. The maximum Gasteiger partial charge on any atom is 0.472 e. The van der Waals surface area contributed by atoms with Crippen molar-refractivity contribution in [3.63, 3.8) is 0 Å². The quantitative estimate of drug-likeness (QED) is 0.0211. The van der Waals surface area contributed by atoms with Crippen molar-refractivity contribution in [2.24, 2.45) is 0 Å². The van der Waals surface area contributed by atoms with E-state index >= 15 is 0 Å². The summed E-state index contributed by atoms with van der Waals surface area (Å²) in [4.78, 5) is 36.1. The zero-order valence-electron chi connectivity index (χ0n) is 69.9. The lowest BCUT2D eigenvalue weighted by Crippen LogP contribution is -2.37. The van der Waals surface area contributed by atoms with Crippen LogP contribution < -0.4 is 0 Å². The molecule has 0 aromatic rings. The molecule has 0 aliphatic heterocycles. The van der Waals surface area contributed by atoms with Crippen molar-refractivity contribution in [2.75, 3.05) is 47.5 Å². The summed E-state index contributed by atoms with van der Waals surface area (Å²) in [5, 5.41) is 0. The number of esters is 2. The predicted octanol–water partition coefficient (Wildman–Crippen LogP) is 31.3. The minimum Gasteiger partial charge on any atom is -0.462 e. The van der Waals surface area contributed by atoms with Crippen LogP contribution in [0.2, 0.25) is 0 Å². The SMILES string of the molecule is CCCCCCCCCC/C=C\CCCCCCCCCCCCCCCCCCCCCCCCCCCCCCCC(=O)OC(COC(=O)CCCCCCCCCCCCCCCCCCCCCCCCCCCCCCCCCCCCCCC)COP(=O)(O)OCC[N+](C)(C)C. The number of rotatable bonds is 89. The number of ether oxygens (including phenoxy) is 2. The van der Waals surface area contributed by atoms with E-state index in [0.717, 1.165) is 38.5 Å². The van der Waals surface area contributed by atoms with Gasteiger partial charge in [0.2, 0.25) is 0 Å². The van der Waals surface area contributed by atoms with Crippen LogP contribution in [0.15, 0.2) is 12.2 Å². The Morgan fingerprint density at radius 3 is 0.725 bits per heavy atom. The van der Waals surface area contributed by atoms with Crippen molar-refractivity contribution in [2.45, 2.75) is 521 Å². The second kappa shape index (κ2) is 83.8. The van der Waals surface area contributed by atoms with Crippen molar-refractivity contribution in [1.82, 2.24) is 0 Å². The van der Waals surface area contributed by atoms with Gasteiger partial charge >= 0.3 is 19.8 Å². The summed E-state index contributed by atoms with van der Waals surface area (Å²) in [7, 11) is 1.51. The van der Waals surface area contributed by atoms with Gasteiger partial charge in [0, 0.05) is 12.8 Å². The first-order valence-corrected chi connectivity index (χ1v) is 47.9. The van der Waals surface area contributed by atoms with Crippen molar-refractivity contribution in [1.29, 1.82) is 0 Å². The van der Waals surface area contributed by atoms with Crippen molar-refractivity contribution in [3.8, 4) is 0 Å². The molecular weight excluding hydrogens is 1280 g/mol. The van der Waals surface area contributed by atoms with Gasteiger partial charge in [-0.2, -0.15) is 0 Å². The summed E-state index contributed by atoms with van der Waals surface area (Å²) < 4.78 is 34.9. The number of allylic oxidation sites excluding steroid dienone is 2. The van der Waals surface area contributed by atoms with Gasteiger partial charge in [-0.05, 0) is 38.5 Å². The van der Waals surface area contributed by atoms with Crippen molar-refractivity contribution in [3.05, 3.63) is 12.2 Å². The molecule has 0 heterocycles. The van der Waals surface area contributed by atoms with Crippen molar-refractivity contribution >= 4 is 19.8 Å². The molecule has 2 unspecified atom stereocenters. The monoisotopic (exact) mass is 1460 g/mol. The highest BCUT2D eigenvalue weighted by atomic mass is 31.2. The van der Waals surface area contributed by atoms with Crippen LogP contribution in [0.5, 0.6) is 0 Å². The maximum atomic E-state index is 13.0. The molecule has 0 aliphatic rings. The molecule has 0 amide bonds. The fourth-order valence-electron chi connectivity index (χ4n) is 14.7. The van der Waals surface area contributed by atoms with Crippen LogP contribution in [0.3, 0.4) is 0 Å². The number of nitrogens with zero attached hydrogens (tertiary/aromatic N) is 1. The minimum atomic E-state index is -4.39. The number of hydrogen-bond donors (Lipinski definition) is 1. The summed E-state index contributed by atoms with van der Waals surface area (Å²) in [6, 6.07) is 0. The lowest BCUT2D eigenvalue weighted by atomic mass is 10.0. The number of hydrogen-bond acceptors (Lipinski definition) is 7. The predicted molar refractivity (Wildman–Crippen MR) is 446 cm³/mol. The molecule has 1 N–H and O–H groups in total. The van der Waals surface area contributed by atoms with Gasteiger partial charge in [-0.15, -0.1) is 0 Å². The molecular formula is C92H183NO8P+. The second-order valence-electron chi connectivity index (χ2n) is 33.4. The van der Waals surface area contributed by atoms with Gasteiger partial charge in [-0.3, -0.25) is 18.6 Å². The number of carbonyl (C=O) groups excluding carboxylic acids is 2. The molecule has 0 fully saturated rings. The Kier molecular flexibility index (Phi) is 82.8. The normalized spacial score (nSPS) is 12.9.